The molecule has 4 nitrogen and oxygen atoms in total. The van der Waals surface area contributed by atoms with Crippen LogP contribution in [0.4, 0.5) is 17.6 Å². The lowest BCUT2D eigenvalue weighted by molar-refractivity contribution is -0.133. The highest BCUT2D eigenvalue weighted by atomic mass is 19.4. The number of nitrogens with one attached hydrogen (secondary N) is 1. The van der Waals surface area contributed by atoms with Gasteiger partial charge in [0, 0.05) is 22.8 Å². The Morgan fingerprint density at radius 3 is 2.29 bits per heavy atom. The van der Waals surface area contributed by atoms with E-state index in [0.29, 0.717) is 16.6 Å². The van der Waals surface area contributed by atoms with Gasteiger partial charge >= 0.3 is 6.18 Å². The lowest BCUT2D eigenvalue weighted by Gasteiger charge is -2.19. The zero-order chi connectivity index (χ0) is 20.7. The van der Waals surface area contributed by atoms with Crippen molar-refractivity contribution in [2.24, 2.45) is 0 Å². The molecule has 3 rings (SSSR count). The van der Waals surface area contributed by atoms with Gasteiger partial charge in [0.1, 0.15) is 11.9 Å². The van der Waals surface area contributed by atoms with Crippen molar-refractivity contribution < 1.29 is 17.6 Å². The summed E-state index contributed by atoms with van der Waals surface area (Å²) in [7, 11) is 0. The second-order valence-electron chi connectivity index (χ2n) is 7.60. The standard InChI is InChI=1S/C20H18F4N4/c1-19(2,3)17-15-13(8-9-20(22,23)24)14(10-25)16(26-18(15)28-27-17)11-4-6-12(21)7-5-11/h4-7H,8-9H2,1-3H3,(H,26,27,28). The molecule has 1 N–H and O–H groups in total. The number of hydrogen-bond donors (Lipinski definition) is 1. The average Bonchev–Trinajstić information content (AvgIpc) is 3.03. The number of H-pyrrole nitrogens is 1. The van der Waals surface area contributed by atoms with Gasteiger partial charge in [0.25, 0.3) is 0 Å². The Morgan fingerprint density at radius 1 is 1.11 bits per heavy atom. The lowest BCUT2D eigenvalue weighted by atomic mass is 9.86. The first-order valence-electron chi connectivity index (χ1n) is 8.65. The first-order chi connectivity index (χ1) is 13.0. The Bertz CT molecular complexity index is 1050. The summed E-state index contributed by atoms with van der Waals surface area (Å²) in [5.41, 5.74) is 1.36. The van der Waals surface area contributed by atoms with Gasteiger partial charge in [0.15, 0.2) is 5.65 Å². The van der Waals surface area contributed by atoms with Gasteiger partial charge in [-0.3, -0.25) is 5.10 Å². The SMILES string of the molecule is CC(C)(C)c1[nH]nc2nc(-c3ccc(F)cc3)c(C#N)c(CCC(F)(F)F)c12. The molecule has 0 atom stereocenters. The number of rotatable bonds is 3. The summed E-state index contributed by atoms with van der Waals surface area (Å²) >= 11 is 0. The van der Waals surface area contributed by atoms with Crippen molar-refractivity contribution in [2.75, 3.05) is 0 Å². The van der Waals surface area contributed by atoms with E-state index in [0.717, 1.165) is 0 Å². The molecule has 0 aliphatic rings. The molecule has 8 heteroatoms. The number of hydrogen-bond acceptors (Lipinski definition) is 3. The van der Waals surface area contributed by atoms with Crippen LogP contribution in [-0.2, 0) is 11.8 Å². The number of aromatic amines is 1. The molecule has 2 heterocycles. The number of aromatic nitrogens is 3. The molecule has 0 amide bonds. The van der Waals surface area contributed by atoms with Crippen molar-refractivity contribution in [1.29, 1.82) is 5.26 Å². The van der Waals surface area contributed by atoms with E-state index in [-0.39, 0.29) is 28.9 Å². The molecular formula is C20H18F4N4. The van der Waals surface area contributed by atoms with E-state index in [9.17, 15) is 22.8 Å². The monoisotopic (exact) mass is 390 g/mol. The lowest BCUT2D eigenvalue weighted by Crippen LogP contribution is -2.14. The van der Waals surface area contributed by atoms with Crippen LogP contribution in [0.1, 0.15) is 44.0 Å². The van der Waals surface area contributed by atoms with E-state index in [1.165, 1.54) is 24.3 Å². The fraction of sp³-hybridized carbons (Fsp3) is 0.350. The molecule has 0 unspecified atom stereocenters. The largest absolute Gasteiger partial charge is 0.389 e. The second kappa shape index (κ2) is 6.89. The number of benzene rings is 1. The number of pyridine rings is 1. The molecule has 0 radical (unpaired) electrons. The van der Waals surface area contributed by atoms with Crippen LogP contribution in [0.3, 0.4) is 0 Å². The van der Waals surface area contributed by atoms with Crippen LogP contribution in [0.25, 0.3) is 22.3 Å². The van der Waals surface area contributed by atoms with Crippen LogP contribution in [-0.4, -0.2) is 21.4 Å². The zero-order valence-electron chi connectivity index (χ0n) is 15.6. The van der Waals surface area contributed by atoms with Gasteiger partial charge in [0.2, 0.25) is 0 Å². The highest BCUT2D eigenvalue weighted by molar-refractivity contribution is 5.89. The van der Waals surface area contributed by atoms with Crippen LogP contribution < -0.4 is 0 Å². The normalized spacial score (nSPS) is 12.4. The summed E-state index contributed by atoms with van der Waals surface area (Å²) in [6.07, 6.45) is -5.81. The highest BCUT2D eigenvalue weighted by Gasteiger charge is 2.31. The van der Waals surface area contributed by atoms with Gasteiger partial charge in [-0.1, -0.05) is 20.8 Å². The molecule has 3 aromatic rings. The fourth-order valence-corrected chi connectivity index (χ4v) is 3.13. The van der Waals surface area contributed by atoms with E-state index in [1.807, 2.05) is 26.8 Å². The molecule has 28 heavy (non-hydrogen) atoms. The summed E-state index contributed by atoms with van der Waals surface area (Å²) in [5, 5.41) is 17.2. The van der Waals surface area contributed by atoms with Crippen molar-refractivity contribution in [3.8, 4) is 17.3 Å². The van der Waals surface area contributed by atoms with Crippen LogP contribution in [0, 0.1) is 17.1 Å². The van der Waals surface area contributed by atoms with Gasteiger partial charge in [-0.15, -0.1) is 0 Å². The van der Waals surface area contributed by atoms with Crippen LogP contribution in [0.15, 0.2) is 24.3 Å². The number of alkyl halides is 3. The third kappa shape index (κ3) is 3.84. The van der Waals surface area contributed by atoms with Crippen molar-refractivity contribution in [1.82, 2.24) is 15.2 Å². The molecule has 0 saturated carbocycles. The average molecular weight is 390 g/mol. The van der Waals surface area contributed by atoms with E-state index in [4.69, 9.17) is 0 Å². The van der Waals surface area contributed by atoms with Crippen molar-refractivity contribution in [2.45, 2.75) is 45.2 Å². The maximum absolute atomic E-state index is 13.3. The quantitative estimate of drug-likeness (QED) is 0.607. The third-order valence-electron chi connectivity index (χ3n) is 4.44. The molecule has 2 aromatic heterocycles. The maximum Gasteiger partial charge on any atom is 0.389 e. The molecule has 1 aromatic carbocycles. The van der Waals surface area contributed by atoms with E-state index in [2.05, 4.69) is 15.2 Å². The van der Waals surface area contributed by atoms with Gasteiger partial charge in [-0.05, 0) is 36.2 Å². The first kappa shape index (κ1) is 19.8. The molecular weight excluding hydrogens is 372 g/mol. The van der Waals surface area contributed by atoms with Gasteiger partial charge in [-0.25, -0.2) is 9.37 Å². The van der Waals surface area contributed by atoms with E-state index < -0.39 is 23.8 Å². The Hall–Kier alpha value is -2.95. The summed E-state index contributed by atoms with van der Waals surface area (Å²) in [6.45, 7) is 5.69. The van der Waals surface area contributed by atoms with Gasteiger partial charge < -0.3 is 0 Å². The number of aryl methyl sites for hydroxylation is 1. The van der Waals surface area contributed by atoms with Gasteiger partial charge in [-0.2, -0.15) is 23.5 Å². The summed E-state index contributed by atoms with van der Waals surface area (Å²) in [4.78, 5) is 4.42. The summed E-state index contributed by atoms with van der Waals surface area (Å²) in [5.74, 6) is -0.463. The molecule has 0 spiro atoms. The van der Waals surface area contributed by atoms with Gasteiger partial charge in [0.05, 0.1) is 17.0 Å². The number of fused-ring (bicyclic) bond motifs is 1. The molecule has 0 bridgehead atoms. The van der Waals surface area contributed by atoms with Crippen molar-refractivity contribution in [3.63, 3.8) is 0 Å². The summed E-state index contributed by atoms with van der Waals surface area (Å²) < 4.78 is 52.1. The van der Waals surface area contributed by atoms with Crippen LogP contribution >= 0.6 is 0 Å². The number of nitriles is 1. The van der Waals surface area contributed by atoms with Crippen molar-refractivity contribution >= 4 is 11.0 Å². The zero-order valence-corrected chi connectivity index (χ0v) is 15.6. The highest BCUT2D eigenvalue weighted by Crippen LogP contribution is 2.36. The fourth-order valence-electron chi connectivity index (χ4n) is 3.13. The smallest absolute Gasteiger partial charge is 0.279 e. The maximum atomic E-state index is 13.3. The predicted octanol–water partition coefficient (Wildman–Crippen LogP) is 5.43. The minimum atomic E-state index is -4.37. The van der Waals surface area contributed by atoms with E-state index >= 15 is 0 Å². The topological polar surface area (TPSA) is 65.4 Å². The van der Waals surface area contributed by atoms with Crippen molar-refractivity contribution in [3.05, 3.63) is 46.9 Å². The molecule has 0 aliphatic carbocycles. The number of halogens is 4. The second-order valence-corrected chi connectivity index (χ2v) is 7.60. The van der Waals surface area contributed by atoms with Crippen LogP contribution in [0.5, 0.6) is 0 Å². The minimum Gasteiger partial charge on any atom is -0.279 e. The molecule has 0 aliphatic heterocycles. The first-order valence-corrected chi connectivity index (χ1v) is 8.65. The minimum absolute atomic E-state index is 0.0512. The Labute approximate surface area is 159 Å². The summed E-state index contributed by atoms with van der Waals surface area (Å²) in [6, 6.07) is 7.31. The Kier molecular flexibility index (Phi) is 4.88. The third-order valence-corrected chi connectivity index (χ3v) is 4.44. The molecule has 0 saturated heterocycles. The van der Waals surface area contributed by atoms with Crippen LogP contribution in [0.2, 0.25) is 0 Å². The number of nitrogens with zero attached hydrogens (tertiary/aromatic N) is 3. The Balaban J connectivity index is 2.32. The predicted molar refractivity (Wildman–Crippen MR) is 97.1 cm³/mol. The molecule has 146 valence electrons. The van der Waals surface area contributed by atoms with E-state index in [1.54, 1.807) is 0 Å². The Morgan fingerprint density at radius 2 is 1.75 bits per heavy atom. The molecule has 0 fully saturated rings.